The van der Waals surface area contributed by atoms with Crippen LogP contribution in [0.25, 0.3) is 45.1 Å². The SMILES string of the molecule is CO[C@H]1CCCC1=NCc1cc(C(F)(F)F)c2oc(-c3cccc(-c4ccc(F)cc4-c4nncn4C)c3)nc2c1. The van der Waals surface area contributed by atoms with E-state index in [9.17, 15) is 17.6 Å². The highest BCUT2D eigenvalue weighted by molar-refractivity contribution is 5.90. The van der Waals surface area contributed by atoms with E-state index in [4.69, 9.17) is 9.15 Å². The summed E-state index contributed by atoms with van der Waals surface area (Å²) in [5.74, 6) is 0.0636. The van der Waals surface area contributed by atoms with E-state index in [0.29, 0.717) is 33.6 Å². The zero-order valence-electron chi connectivity index (χ0n) is 22.2. The van der Waals surface area contributed by atoms with Gasteiger partial charge in [0.15, 0.2) is 11.4 Å². The van der Waals surface area contributed by atoms with Gasteiger partial charge in [0, 0.05) is 31.0 Å². The number of hydrogen-bond acceptors (Lipinski definition) is 6. The second-order valence-electron chi connectivity index (χ2n) is 9.97. The predicted octanol–water partition coefficient (Wildman–Crippen LogP) is 7.26. The number of alkyl halides is 3. The van der Waals surface area contributed by atoms with Crippen LogP contribution >= 0.6 is 0 Å². The number of oxazole rings is 1. The summed E-state index contributed by atoms with van der Waals surface area (Å²) in [5, 5.41) is 8.00. The van der Waals surface area contributed by atoms with Crippen molar-refractivity contribution < 1.29 is 26.7 Å². The van der Waals surface area contributed by atoms with Gasteiger partial charge in [-0.3, -0.25) is 4.99 Å². The molecule has 0 radical (unpaired) electrons. The summed E-state index contributed by atoms with van der Waals surface area (Å²) >= 11 is 0. The maximum Gasteiger partial charge on any atom is 0.420 e. The summed E-state index contributed by atoms with van der Waals surface area (Å²) in [6.07, 6.45) is -0.673. The molecule has 210 valence electrons. The Bertz CT molecular complexity index is 1770. The lowest BCUT2D eigenvalue weighted by molar-refractivity contribution is -0.136. The van der Waals surface area contributed by atoms with Gasteiger partial charge in [0.2, 0.25) is 5.89 Å². The fourth-order valence-corrected chi connectivity index (χ4v) is 5.24. The minimum atomic E-state index is -4.65. The van der Waals surface area contributed by atoms with E-state index >= 15 is 0 Å². The summed E-state index contributed by atoms with van der Waals surface area (Å²) in [5.41, 5.74) is 2.42. The van der Waals surface area contributed by atoms with Crippen LogP contribution in [0, 0.1) is 5.82 Å². The summed E-state index contributed by atoms with van der Waals surface area (Å²) in [6.45, 7) is 0.0846. The number of aromatic nitrogens is 4. The number of rotatable bonds is 6. The Labute approximate surface area is 232 Å². The molecule has 3 aromatic carbocycles. The molecule has 5 aromatic rings. The molecule has 11 heteroatoms. The Kier molecular flexibility index (Phi) is 6.90. The van der Waals surface area contributed by atoms with E-state index in [2.05, 4.69) is 20.2 Å². The number of ether oxygens (including phenoxy) is 1. The van der Waals surface area contributed by atoms with Crippen molar-refractivity contribution in [1.82, 2.24) is 19.7 Å². The molecule has 1 aliphatic rings. The van der Waals surface area contributed by atoms with Gasteiger partial charge < -0.3 is 13.7 Å². The molecular weight excluding hydrogens is 538 g/mol. The first-order valence-electron chi connectivity index (χ1n) is 13.0. The van der Waals surface area contributed by atoms with Crippen LogP contribution < -0.4 is 0 Å². The van der Waals surface area contributed by atoms with Gasteiger partial charge in [-0.2, -0.15) is 13.2 Å². The molecule has 0 bridgehead atoms. The number of methoxy groups -OCH3 is 1. The number of fused-ring (bicyclic) bond motifs is 1. The minimum absolute atomic E-state index is 0.0355. The Morgan fingerprint density at radius 3 is 2.66 bits per heavy atom. The molecule has 6 rings (SSSR count). The first-order chi connectivity index (χ1) is 19.7. The lowest BCUT2D eigenvalue weighted by Crippen LogP contribution is -2.16. The van der Waals surface area contributed by atoms with Crippen LogP contribution in [0.5, 0.6) is 0 Å². The predicted molar refractivity (Wildman–Crippen MR) is 146 cm³/mol. The molecule has 1 saturated carbocycles. The molecular formula is C30H25F4N5O2. The molecule has 41 heavy (non-hydrogen) atoms. The van der Waals surface area contributed by atoms with E-state index in [-0.39, 0.29) is 29.6 Å². The van der Waals surface area contributed by atoms with Crippen LogP contribution in [0.1, 0.15) is 30.4 Å². The van der Waals surface area contributed by atoms with Crippen molar-refractivity contribution in [2.75, 3.05) is 7.11 Å². The second kappa shape index (κ2) is 10.5. The highest BCUT2D eigenvalue weighted by atomic mass is 19.4. The third kappa shape index (κ3) is 5.24. The van der Waals surface area contributed by atoms with Gasteiger partial charge >= 0.3 is 6.18 Å². The van der Waals surface area contributed by atoms with Gasteiger partial charge in [-0.05, 0) is 72.4 Å². The molecule has 1 fully saturated rings. The third-order valence-corrected chi connectivity index (χ3v) is 7.23. The van der Waals surface area contributed by atoms with Crippen LogP contribution in [0.3, 0.4) is 0 Å². The summed E-state index contributed by atoms with van der Waals surface area (Å²) < 4.78 is 69.4. The molecule has 7 nitrogen and oxygen atoms in total. The molecule has 1 atom stereocenters. The van der Waals surface area contributed by atoms with Crippen molar-refractivity contribution in [1.29, 1.82) is 0 Å². The average molecular weight is 564 g/mol. The molecule has 0 saturated heterocycles. The zero-order chi connectivity index (χ0) is 28.7. The Morgan fingerprint density at radius 2 is 1.90 bits per heavy atom. The van der Waals surface area contributed by atoms with Gasteiger partial charge in [-0.15, -0.1) is 10.2 Å². The molecule has 0 spiro atoms. The molecule has 0 N–H and O–H groups in total. The minimum Gasteiger partial charge on any atom is -0.435 e. The molecule has 0 amide bonds. The fraction of sp³-hybridized carbons (Fsp3) is 0.267. The Morgan fingerprint density at radius 1 is 1.07 bits per heavy atom. The number of aliphatic imine (C=N–C) groups is 1. The summed E-state index contributed by atoms with van der Waals surface area (Å²) in [7, 11) is 3.36. The summed E-state index contributed by atoms with van der Waals surface area (Å²) in [4.78, 5) is 8.99. The van der Waals surface area contributed by atoms with Crippen molar-refractivity contribution in [3.8, 4) is 34.0 Å². The Hall–Kier alpha value is -4.38. The van der Waals surface area contributed by atoms with Crippen LogP contribution in [-0.2, 0) is 24.5 Å². The molecule has 2 aromatic heterocycles. The summed E-state index contributed by atoms with van der Waals surface area (Å²) in [6, 6.07) is 14.0. The van der Waals surface area contributed by atoms with Crippen molar-refractivity contribution in [2.24, 2.45) is 12.0 Å². The van der Waals surface area contributed by atoms with Crippen molar-refractivity contribution in [2.45, 2.75) is 38.1 Å². The van der Waals surface area contributed by atoms with E-state index in [1.165, 1.54) is 18.5 Å². The van der Waals surface area contributed by atoms with Gasteiger partial charge in [-0.1, -0.05) is 18.2 Å². The number of aryl methyl sites for hydroxylation is 1. The second-order valence-corrected chi connectivity index (χ2v) is 9.97. The lowest BCUT2D eigenvalue weighted by Gasteiger charge is -2.11. The van der Waals surface area contributed by atoms with Gasteiger partial charge in [0.25, 0.3) is 0 Å². The van der Waals surface area contributed by atoms with Crippen LogP contribution in [0.4, 0.5) is 17.6 Å². The first-order valence-corrected chi connectivity index (χ1v) is 13.0. The van der Waals surface area contributed by atoms with E-state index in [1.54, 1.807) is 49.1 Å². The number of benzene rings is 3. The van der Waals surface area contributed by atoms with Crippen LogP contribution in [-0.4, -0.2) is 38.7 Å². The fourth-order valence-electron chi connectivity index (χ4n) is 5.24. The first kappa shape index (κ1) is 26.8. The molecule has 1 aliphatic carbocycles. The normalized spacial score (nSPS) is 16.7. The maximum atomic E-state index is 14.2. The maximum absolute atomic E-state index is 14.2. The quantitative estimate of drug-likeness (QED) is 0.203. The van der Waals surface area contributed by atoms with Crippen molar-refractivity contribution in [3.05, 3.63) is 77.9 Å². The monoisotopic (exact) mass is 563 g/mol. The van der Waals surface area contributed by atoms with Gasteiger partial charge in [-0.25, -0.2) is 9.37 Å². The van der Waals surface area contributed by atoms with Gasteiger partial charge in [0.1, 0.15) is 23.2 Å². The molecule has 2 heterocycles. The van der Waals surface area contributed by atoms with Crippen LogP contribution in [0.15, 0.2) is 70.3 Å². The lowest BCUT2D eigenvalue weighted by atomic mass is 9.97. The topological polar surface area (TPSA) is 78.3 Å². The highest BCUT2D eigenvalue weighted by Gasteiger charge is 2.35. The number of halogens is 4. The molecule has 0 unspecified atom stereocenters. The van der Waals surface area contributed by atoms with E-state index < -0.39 is 17.6 Å². The Balaban J connectivity index is 1.41. The number of nitrogens with zero attached hydrogens (tertiary/aromatic N) is 5. The third-order valence-electron chi connectivity index (χ3n) is 7.23. The standard InChI is InChI=1S/C30H25F4N5O2/c1-39-16-36-38-28(39)22-14-20(31)9-10-21(22)18-5-3-6-19(13-18)29-37-25-12-17(11-23(27(25)41-29)30(32,33)34)15-35-24-7-4-8-26(24)40-2/h3,5-6,9-14,16,26H,4,7-8,15H2,1-2H3/t26-/m0/s1. The van der Waals surface area contributed by atoms with Gasteiger partial charge in [0.05, 0.1) is 12.6 Å². The highest BCUT2D eigenvalue weighted by Crippen LogP contribution is 2.39. The average Bonchev–Trinajstić information content (AvgIpc) is 3.70. The van der Waals surface area contributed by atoms with E-state index in [0.717, 1.165) is 31.0 Å². The van der Waals surface area contributed by atoms with Crippen LogP contribution in [0.2, 0.25) is 0 Å². The molecule has 0 aliphatic heterocycles. The van der Waals surface area contributed by atoms with Crippen molar-refractivity contribution in [3.63, 3.8) is 0 Å². The smallest absolute Gasteiger partial charge is 0.420 e. The van der Waals surface area contributed by atoms with E-state index in [1.807, 2.05) is 6.07 Å². The number of hydrogen-bond donors (Lipinski definition) is 0. The largest absolute Gasteiger partial charge is 0.435 e. The van der Waals surface area contributed by atoms with Crippen molar-refractivity contribution >= 4 is 16.8 Å². The zero-order valence-corrected chi connectivity index (χ0v) is 22.2.